The topological polar surface area (TPSA) is 159 Å². The van der Waals surface area contributed by atoms with Crippen LogP contribution in [0, 0.1) is 16.7 Å². The predicted octanol–water partition coefficient (Wildman–Crippen LogP) is 1.37. The summed E-state index contributed by atoms with van der Waals surface area (Å²) < 4.78 is 35.2. The first kappa shape index (κ1) is 26.4. The van der Waals surface area contributed by atoms with Gasteiger partial charge in [-0.25, -0.2) is 4.57 Å². The maximum atomic E-state index is 13.5. The number of hydrogen-bond acceptors (Lipinski definition) is 10. The second kappa shape index (κ2) is 10.6. The summed E-state index contributed by atoms with van der Waals surface area (Å²) in [5.74, 6) is -0.728. The number of para-hydroxylation sites is 1. The van der Waals surface area contributed by atoms with Crippen molar-refractivity contribution in [3.05, 3.63) is 55.0 Å². The minimum absolute atomic E-state index is 0.157. The lowest BCUT2D eigenvalue weighted by molar-refractivity contribution is -0.142. The highest BCUT2D eigenvalue weighted by atomic mass is 31.2. The summed E-state index contributed by atoms with van der Waals surface area (Å²) in [6, 6.07) is 9.16. The van der Waals surface area contributed by atoms with Crippen LogP contribution >= 0.6 is 7.75 Å². The minimum atomic E-state index is -4.19. The fourth-order valence-corrected chi connectivity index (χ4v) is 5.08. The number of ether oxygens (including phenoxy) is 2. The smallest absolute Gasteiger partial charge is 0.459 e. The van der Waals surface area contributed by atoms with Crippen LogP contribution in [0.2, 0.25) is 0 Å². The molecule has 0 aliphatic carbocycles. The molecule has 13 heteroatoms. The van der Waals surface area contributed by atoms with Crippen molar-refractivity contribution in [2.24, 2.45) is 5.41 Å². The maximum absolute atomic E-state index is 13.5. The van der Waals surface area contributed by atoms with Crippen LogP contribution in [0.25, 0.3) is 0 Å². The maximum Gasteiger partial charge on any atom is 0.459 e. The molecule has 0 unspecified atom stereocenters. The molecule has 1 aromatic rings. The third-order valence-electron chi connectivity index (χ3n) is 5.53. The van der Waals surface area contributed by atoms with E-state index in [4.69, 9.17) is 13.8 Å². The van der Waals surface area contributed by atoms with Crippen molar-refractivity contribution in [3.8, 4) is 11.8 Å². The molecule has 2 heterocycles. The van der Waals surface area contributed by atoms with Crippen molar-refractivity contribution < 1.29 is 37.8 Å². The summed E-state index contributed by atoms with van der Waals surface area (Å²) in [4.78, 5) is 24.9. The Morgan fingerprint density at radius 2 is 2.14 bits per heavy atom. The molecule has 0 spiro atoms. The van der Waals surface area contributed by atoms with E-state index in [-0.39, 0.29) is 11.6 Å². The van der Waals surface area contributed by atoms with E-state index >= 15 is 0 Å². The number of benzene rings is 1. The minimum Gasteiger partial charge on any atom is -0.468 e. The number of carbonyl (C=O) groups excluding carboxylic acids is 2. The van der Waals surface area contributed by atoms with Gasteiger partial charge in [0.25, 0.3) is 5.91 Å². The average Bonchev–Trinajstić information content (AvgIpc) is 3.08. The van der Waals surface area contributed by atoms with Crippen molar-refractivity contribution in [3.63, 3.8) is 0 Å². The summed E-state index contributed by atoms with van der Waals surface area (Å²) in [6.45, 7) is 6.19. The molecular formula is C22H27N4O8P. The van der Waals surface area contributed by atoms with Gasteiger partial charge < -0.3 is 29.3 Å². The van der Waals surface area contributed by atoms with E-state index in [0.29, 0.717) is 0 Å². The molecule has 0 aromatic heterocycles. The SMILES string of the molecule is C=C1NC(=O)C=CN1[C@@H]1O[C@H](CO[P@@](=O)(N[C@@H](C)C(=O)OC)Oc2ccccc2)[C@@H](O)[C@@]1(C)C#N. The predicted molar refractivity (Wildman–Crippen MR) is 122 cm³/mol. The van der Waals surface area contributed by atoms with Crippen molar-refractivity contribution >= 4 is 19.6 Å². The molecule has 2 aliphatic heterocycles. The normalized spacial score (nSPS) is 28.5. The van der Waals surface area contributed by atoms with E-state index in [2.05, 4.69) is 27.8 Å². The quantitative estimate of drug-likeness (QED) is 0.328. The van der Waals surface area contributed by atoms with Crippen molar-refractivity contribution in [1.82, 2.24) is 15.3 Å². The summed E-state index contributed by atoms with van der Waals surface area (Å²) in [5.41, 5.74) is -1.47. The van der Waals surface area contributed by atoms with Gasteiger partial charge in [-0.1, -0.05) is 24.8 Å². The summed E-state index contributed by atoms with van der Waals surface area (Å²) in [6.07, 6.45) is -0.922. The lowest BCUT2D eigenvalue weighted by atomic mass is 9.83. The molecule has 0 radical (unpaired) electrons. The van der Waals surface area contributed by atoms with Gasteiger partial charge in [-0.3, -0.25) is 14.1 Å². The highest BCUT2D eigenvalue weighted by Gasteiger charge is 2.57. The van der Waals surface area contributed by atoms with Crippen LogP contribution in [0.4, 0.5) is 0 Å². The van der Waals surface area contributed by atoms with Crippen molar-refractivity contribution in [1.29, 1.82) is 5.26 Å². The Morgan fingerprint density at radius 3 is 2.74 bits per heavy atom. The molecule has 2 aliphatic rings. The fourth-order valence-electron chi connectivity index (χ4n) is 3.57. The Balaban J connectivity index is 1.80. The van der Waals surface area contributed by atoms with E-state index in [1.54, 1.807) is 30.3 Å². The van der Waals surface area contributed by atoms with Crippen LogP contribution in [0.1, 0.15) is 13.8 Å². The van der Waals surface area contributed by atoms with Crippen LogP contribution in [-0.4, -0.2) is 60.1 Å². The summed E-state index contributed by atoms with van der Waals surface area (Å²) >= 11 is 0. The third kappa shape index (κ3) is 5.73. The Labute approximate surface area is 202 Å². The fraction of sp³-hybridized carbons (Fsp3) is 0.409. The first-order valence-corrected chi connectivity index (χ1v) is 12.1. The number of aliphatic hydroxyl groups is 1. The average molecular weight is 506 g/mol. The highest BCUT2D eigenvalue weighted by Crippen LogP contribution is 2.47. The van der Waals surface area contributed by atoms with E-state index in [9.17, 15) is 24.5 Å². The lowest BCUT2D eigenvalue weighted by Gasteiger charge is -2.36. The van der Waals surface area contributed by atoms with Gasteiger partial charge in [-0.05, 0) is 26.0 Å². The zero-order chi connectivity index (χ0) is 25.8. The van der Waals surface area contributed by atoms with Crippen molar-refractivity contribution in [2.45, 2.75) is 38.3 Å². The van der Waals surface area contributed by atoms with Crippen LogP contribution in [0.3, 0.4) is 0 Å². The third-order valence-corrected chi connectivity index (χ3v) is 7.17. The first-order valence-electron chi connectivity index (χ1n) is 10.6. The standard InChI is InChI=1S/C22H27N4O8P/c1-14(20(29)31-4)25-35(30,34-16-8-6-5-7-9-16)32-12-17-19(28)22(3,13-23)21(33-17)26-11-10-18(27)24-15(26)2/h5-11,14,17,19,21,28H,2,12H2,1,3-4H3,(H,24,27)(H,25,30)/t14-,17+,19+,21+,22+,35-/m0/s1. The van der Waals surface area contributed by atoms with Crippen LogP contribution < -0.4 is 14.9 Å². The number of esters is 1. The molecule has 6 atom stereocenters. The number of rotatable bonds is 9. The van der Waals surface area contributed by atoms with Crippen molar-refractivity contribution in [2.75, 3.05) is 13.7 Å². The zero-order valence-electron chi connectivity index (χ0n) is 19.4. The molecule has 1 fully saturated rings. The van der Waals surface area contributed by atoms with Crippen LogP contribution in [0.5, 0.6) is 5.75 Å². The van der Waals surface area contributed by atoms with E-state index < -0.39 is 56.1 Å². The number of methoxy groups -OCH3 is 1. The second-order valence-corrected chi connectivity index (χ2v) is 9.79. The van der Waals surface area contributed by atoms with E-state index in [0.717, 1.165) is 0 Å². The van der Waals surface area contributed by atoms with Gasteiger partial charge in [-0.15, -0.1) is 0 Å². The summed E-state index contributed by atoms with van der Waals surface area (Å²) in [5, 5.41) is 25.8. The number of carbonyl (C=O) groups is 2. The Morgan fingerprint density at radius 1 is 1.46 bits per heavy atom. The van der Waals surface area contributed by atoms with E-state index in [1.165, 1.54) is 38.1 Å². The largest absolute Gasteiger partial charge is 0.468 e. The van der Waals surface area contributed by atoms with Crippen LogP contribution in [-0.2, 0) is 28.2 Å². The molecule has 1 aromatic carbocycles. The lowest BCUT2D eigenvalue weighted by Crippen LogP contribution is -2.48. The number of nitrogens with one attached hydrogen (secondary N) is 2. The molecule has 0 bridgehead atoms. The van der Waals surface area contributed by atoms with Crippen LogP contribution in [0.15, 0.2) is 55.0 Å². The van der Waals surface area contributed by atoms with Gasteiger partial charge in [-0.2, -0.15) is 10.3 Å². The summed E-state index contributed by atoms with van der Waals surface area (Å²) in [7, 11) is -3.01. The molecule has 12 nitrogen and oxygen atoms in total. The number of hydrogen-bond donors (Lipinski definition) is 3. The Bertz CT molecular complexity index is 1090. The molecule has 188 valence electrons. The van der Waals surface area contributed by atoms with Gasteiger partial charge in [0.05, 0.1) is 19.8 Å². The van der Waals surface area contributed by atoms with Gasteiger partial charge in [0.15, 0.2) is 6.23 Å². The molecule has 3 rings (SSSR count). The molecule has 0 saturated carbocycles. The second-order valence-electron chi connectivity index (χ2n) is 8.10. The number of aliphatic hydroxyl groups excluding tert-OH is 1. The highest BCUT2D eigenvalue weighted by molar-refractivity contribution is 7.52. The number of nitriles is 1. The molecule has 1 amide bonds. The Kier molecular flexibility index (Phi) is 8.00. The van der Waals surface area contributed by atoms with Gasteiger partial charge in [0, 0.05) is 12.3 Å². The van der Waals surface area contributed by atoms with Gasteiger partial charge in [0.2, 0.25) is 0 Å². The zero-order valence-corrected chi connectivity index (χ0v) is 20.3. The number of nitrogens with zero attached hydrogens (tertiary/aromatic N) is 2. The molecule has 1 saturated heterocycles. The first-order chi connectivity index (χ1) is 16.5. The monoisotopic (exact) mass is 506 g/mol. The molecule has 35 heavy (non-hydrogen) atoms. The van der Waals surface area contributed by atoms with Gasteiger partial charge in [0.1, 0.15) is 35.2 Å². The molecule has 3 N–H and O–H groups in total. The van der Waals surface area contributed by atoms with Gasteiger partial charge >= 0.3 is 13.7 Å². The number of amides is 1. The molecular weight excluding hydrogens is 479 g/mol. The Hall–Kier alpha value is -3.20. The van der Waals surface area contributed by atoms with E-state index in [1.807, 2.05) is 0 Å².